The van der Waals surface area contributed by atoms with E-state index >= 15 is 0 Å². The van der Waals surface area contributed by atoms with E-state index in [-0.39, 0.29) is 9.92 Å². The number of anilines is 2. The van der Waals surface area contributed by atoms with Gasteiger partial charge in [0.05, 0.1) is 10.7 Å². The molecule has 4 nitrogen and oxygen atoms in total. The lowest BCUT2D eigenvalue weighted by molar-refractivity contribution is 0.601. The number of sulfonamides is 1. The van der Waals surface area contributed by atoms with Crippen LogP contribution in [0.3, 0.4) is 0 Å². The molecule has 0 saturated carbocycles. The van der Waals surface area contributed by atoms with Gasteiger partial charge in [0, 0.05) is 10.7 Å². The zero-order chi connectivity index (χ0) is 14.9. The molecule has 7 heteroatoms. The van der Waals surface area contributed by atoms with Crippen LogP contribution < -0.4 is 10.5 Å². The number of aryl methyl sites for hydroxylation is 1. The Labute approximate surface area is 127 Å². The molecule has 106 valence electrons. The number of nitrogens with two attached hydrogens (primary N) is 1. The molecule has 0 saturated heterocycles. The van der Waals surface area contributed by atoms with Gasteiger partial charge in [-0.05, 0) is 48.9 Å². The van der Waals surface area contributed by atoms with E-state index in [1.165, 1.54) is 18.2 Å². The number of halogens is 2. The van der Waals surface area contributed by atoms with Crippen LogP contribution in [-0.2, 0) is 10.0 Å². The number of rotatable bonds is 3. The Balaban J connectivity index is 2.43. The van der Waals surface area contributed by atoms with Crippen LogP contribution in [0.4, 0.5) is 11.4 Å². The Morgan fingerprint density at radius 1 is 1.10 bits per heavy atom. The van der Waals surface area contributed by atoms with Gasteiger partial charge in [-0.2, -0.15) is 0 Å². The van der Waals surface area contributed by atoms with E-state index in [1.807, 2.05) is 0 Å². The molecular formula is C13H12Cl2N2O2S. The highest BCUT2D eigenvalue weighted by Crippen LogP contribution is 2.27. The smallest absolute Gasteiger partial charge is 0.263 e. The molecule has 0 aliphatic heterocycles. The molecule has 0 aliphatic carbocycles. The van der Waals surface area contributed by atoms with Crippen LogP contribution in [0.5, 0.6) is 0 Å². The predicted molar refractivity (Wildman–Crippen MR) is 82.9 cm³/mol. The molecule has 2 rings (SSSR count). The van der Waals surface area contributed by atoms with E-state index in [1.54, 1.807) is 25.1 Å². The normalized spacial score (nSPS) is 11.3. The highest BCUT2D eigenvalue weighted by Gasteiger charge is 2.19. The molecule has 0 spiro atoms. The molecule has 0 atom stereocenters. The molecule has 0 bridgehead atoms. The second-order valence-electron chi connectivity index (χ2n) is 4.25. The summed E-state index contributed by atoms with van der Waals surface area (Å²) in [5.41, 5.74) is 7.07. The minimum atomic E-state index is -3.81. The van der Waals surface area contributed by atoms with E-state index < -0.39 is 10.0 Å². The number of hydrogen-bond donors (Lipinski definition) is 2. The van der Waals surface area contributed by atoms with Crippen molar-refractivity contribution in [3.8, 4) is 0 Å². The van der Waals surface area contributed by atoms with Crippen molar-refractivity contribution in [1.29, 1.82) is 0 Å². The summed E-state index contributed by atoms with van der Waals surface area (Å²) in [6, 6.07) is 9.16. The maximum atomic E-state index is 12.3. The summed E-state index contributed by atoms with van der Waals surface area (Å²) in [7, 11) is -3.81. The van der Waals surface area contributed by atoms with Crippen LogP contribution >= 0.6 is 23.2 Å². The molecular weight excluding hydrogens is 319 g/mol. The zero-order valence-corrected chi connectivity index (χ0v) is 12.9. The summed E-state index contributed by atoms with van der Waals surface area (Å²) in [5, 5.41) is 0.644. The second-order valence-corrected chi connectivity index (χ2v) is 6.75. The Kier molecular flexibility index (Phi) is 4.13. The fourth-order valence-electron chi connectivity index (χ4n) is 1.67. The van der Waals surface area contributed by atoms with Crippen LogP contribution in [-0.4, -0.2) is 8.42 Å². The van der Waals surface area contributed by atoms with Crippen molar-refractivity contribution in [2.75, 3.05) is 10.5 Å². The Morgan fingerprint density at radius 3 is 2.45 bits per heavy atom. The van der Waals surface area contributed by atoms with E-state index in [2.05, 4.69) is 4.72 Å². The van der Waals surface area contributed by atoms with Crippen molar-refractivity contribution < 1.29 is 8.42 Å². The first kappa shape index (κ1) is 15.0. The van der Waals surface area contributed by atoms with Crippen LogP contribution in [0.15, 0.2) is 41.3 Å². The minimum absolute atomic E-state index is 0.0616. The summed E-state index contributed by atoms with van der Waals surface area (Å²) in [6.07, 6.45) is 0. The molecule has 0 unspecified atom stereocenters. The maximum absolute atomic E-state index is 12.3. The number of hydrogen-bond acceptors (Lipinski definition) is 3. The zero-order valence-electron chi connectivity index (χ0n) is 10.5. The molecule has 0 heterocycles. The third-order valence-electron chi connectivity index (χ3n) is 2.68. The van der Waals surface area contributed by atoms with Gasteiger partial charge >= 0.3 is 0 Å². The molecule has 0 radical (unpaired) electrons. The van der Waals surface area contributed by atoms with Gasteiger partial charge in [0.25, 0.3) is 10.0 Å². The lowest BCUT2D eigenvalue weighted by atomic mass is 10.2. The number of nitrogens with one attached hydrogen (secondary N) is 1. The van der Waals surface area contributed by atoms with Crippen LogP contribution in [0, 0.1) is 6.92 Å². The minimum Gasteiger partial charge on any atom is -0.399 e. The highest BCUT2D eigenvalue weighted by atomic mass is 35.5. The Bertz CT molecular complexity index is 761. The lowest BCUT2D eigenvalue weighted by Gasteiger charge is -2.12. The SMILES string of the molecule is Cc1cc(Cl)ccc1NS(=O)(=O)c1cc(N)ccc1Cl. The summed E-state index contributed by atoms with van der Waals surface area (Å²) in [6.45, 7) is 1.75. The van der Waals surface area contributed by atoms with Gasteiger partial charge in [-0.25, -0.2) is 8.42 Å². The Morgan fingerprint density at radius 2 is 1.80 bits per heavy atom. The molecule has 0 aromatic heterocycles. The monoisotopic (exact) mass is 330 g/mol. The fraction of sp³-hybridized carbons (Fsp3) is 0.0769. The van der Waals surface area contributed by atoms with Gasteiger partial charge in [-0.1, -0.05) is 23.2 Å². The molecule has 20 heavy (non-hydrogen) atoms. The number of nitrogen functional groups attached to an aromatic ring is 1. The maximum Gasteiger partial charge on any atom is 0.263 e. The Hall–Kier alpha value is -1.43. The summed E-state index contributed by atoms with van der Waals surface area (Å²) in [5.74, 6) is 0. The van der Waals surface area contributed by atoms with Crippen LogP contribution in [0.25, 0.3) is 0 Å². The summed E-state index contributed by atoms with van der Waals surface area (Å²) >= 11 is 11.8. The standard InChI is InChI=1S/C13H12Cl2N2O2S/c1-8-6-9(14)2-5-12(8)17-20(18,19)13-7-10(16)3-4-11(13)15/h2-7,17H,16H2,1H3. The first-order valence-electron chi connectivity index (χ1n) is 5.63. The van der Waals surface area contributed by atoms with Gasteiger partial charge in [-0.15, -0.1) is 0 Å². The van der Waals surface area contributed by atoms with E-state index in [0.29, 0.717) is 22.0 Å². The molecule has 2 aromatic carbocycles. The van der Waals surface area contributed by atoms with E-state index in [0.717, 1.165) is 0 Å². The van der Waals surface area contributed by atoms with Gasteiger partial charge in [-0.3, -0.25) is 4.72 Å². The predicted octanol–water partition coefficient (Wildman–Crippen LogP) is 3.68. The molecule has 2 aromatic rings. The first-order chi connectivity index (χ1) is 9.29. The van der Waals surface area contributed by atoms with Crippen LogP contribution in [0.1, 0.15) is 5.56 Å². The first-order valence-corrected chi connectivity index (χ1v) is 7.87. The number of benzene rings is 2. The van der Waals surface area contributed by atoms with Crippen molar-refractivity contribution in [3.05, 3.63) is 52.0 Å². The van der Waals surface area contributed by atoms with Crippen LogP contribution in [0.2, 0.25) is 10.0 Å². The average molecular weight is 331 g/mol. The van der Waals surface area contributed by atoms with Crippen molar-refractivity contribution in [3.63, 3.8) is 0 Å². The van der Waals surface area contributed by atoms with Gasteiger partial charge in [0.2, 0.25) is 0 Å². The van der Waals surface area contributed by atoms with Gasteiger partial charge < -0.3 is 5.73 Å². The second kappa shape index (κ2) is 5.52. The lowest BCUT2D eigenvalue weighted by Crippen LogP contribution is -2.14. The molecule has 0 aliphatic rings. The van der Waals surface area contributed by atoms with Crippen molar-refractivity contribution in [2.24, 2.45) is 0 Å². The quantitative estimate of drug-likeness (QED) is 0.843. The van der Waals surface area contributed by atoms with Gasteiger partial charge in [0.15, 0.2) is 0 Å². The highest BCUT2D eigenvalue weighted by molar-refractivity contribution is 7.92. The largest absolute Gasteiger partial charge is 0.399 e. The molecule has 3 N–H and O–H groups in total. The summed E-state index contributed by atoms with van der Waals surface area (Å²) in [4.78, 5) is -0.0616. The van der Waals surface area contributed by atoms with Crippen molar-refractivity contribution in [1.82, 2.24) is 0 Å². The van der Waals surface area contributed by atoms with Crippen molar-refractivity contribution in [2.45, 2.75) is 11.8 Å². The third-order valence-corrected chi connectivity index (χ3v) is 4.76. The van der Waals surface area contributed by atoms with Gasteiger partial charge in [0.1, 0.15) is 4.90 Å². The van der Waals surface area contributed by atoms with Crippen molar-refractivity contribution >= 4 is 44.6 Å². The topological polar surface area (TPSA) is 72.2 Å². The fourth-order valence-corrected chi connectivity index (χ4v) is 3.56. The molecule has 0 fully saturated rings. The average Bonchev–Trinajstić information content (AvgIpc) is 2.35. The van der Waals surface area contributed by atoms with E-state index in [9.17, 15) is 8.42 Å². The summed E-state index contributed by atoms with van der Waals surface area (Å²) < 4.78 is 27.1. The molecule has 0 amide bonds. The third kappa shape index (κ3) is 3.17. The van der Waals surface area contributed by atoms with E-state index in [4.69, 9.17) is 28.9 Å².